The van der Waals surface area contributed by atoms with Gasteiger partial charge in [0.1, 0.15) is 11.9 Å². The first-order valence-corrected chi connectivity index (χ1v) is 5.41. The van der Waals surface area contributed by atoms with Crippen molar-refractivity contribution < 1.29 is 14.6 Å². The molecular formula is C12H13N3O3. The molecule has 1 aromatic heterocycles. The molecule has 6 heteroatoms. The standard InChI is InChI=1S/C12H13N3O3/c1-18-12(17)10(7-16)15-11-6-13-8-4-2-3-5-9(8)14-11/h2-6,10,16H,7H2,1H3,(H,14,15). The minimum Gasteiger partial charge on any atom is -0.467 e. The maximum Gasteiger partial charge on any atom is 0.330 e. The van der Waals surface area contributed by atoms with Crippen LogP contribution in [0.25, 0.3) is 11.0 Å². The van der Waals surface area contributed by atoms with Gasteiger partial charge in [0.25, 0.3) is 0 Å². The largest absolute Gasteiger partial charge is 0.467 e. The van der Waals surface area contributed by atoms with E-state index < -0.39 is 12.0 Å². The second-order valence-electron chi connectivity index (χ2n) is 3.65. The van der Waals surface area contributed by atoms with E-state index in [-0.39, 0.29) is 6.61 Å². The molecule has 2 N–H and O–H groups in total. The van der Waals surface area contributed by atoms with Crippen molar-refractivity contribution in [3.05, 3.63) is 30.5 Å². The summed E-state index contributed by atoms with van der Waals surface area (Å²) in [5.74, 6) is -0.134. The summed E-state index contributed by atoms with van der Waals surface area (Å²) in [6.45, 7) is -0.374. The van der Waals surface area contributed by atoms with Crippen LogP contribution < -0.4 is 5.32 Å². The number of anilines is 1. The number of ether oxygens (including phenoxy) is 1. The first-order chi connectivity index (χ1) is 8.74. The predicted molar refractivity (Wildman–Crippen MR) is 66.1 cm³/mol. The van der Waals surface area contributed by atoms with Crippen LogP contribution in [0, 0.1) is 0 Å². The Labute approximate surface area is 104 Å². The number of aliphatic hydroxyl groups is 1. The van der Waals surface area contributed by atoms with Crippen molar-refractivity contribution in [2.75, 3.05) is 19.0 Å². The topological polar surface area (TPSA) is 84.3 Å². The van der Waals surface area contributed by atoms with Crippen LogP contribution in [0.3, 0.4) is 0 Å². The number of aliphatic hydroxyl groups excluding tert-OH is 1. The molecule has 94 valence electrons. The van der Waals surface area contributed by atoms with E-state index in [2.05, 4.69) is 20.0 Å². The minimum absolute atomic E-state index is 0.374. The molecule has 1 unspecified atom stereocenters. The predicted octanol–water partition coefficient (Wildman–Crippen LogP) is 0.576. The number of para-hydroxylation sites is 2. The Morgan fingerprint density at radius 1 is 1.44 bits per heavy atom. The number of rotatable bonds is 4. The number of benzene rings is 1. The van der Waals surface area contributed by atoms with E-state index in [1.807, 2.05) is 24.3 Å². The zero-order valence-corrected chi connectivity index (χ0v) is 9.83. The minimum atomic E-state index is -0.842. The number of nitrogens with zero attached hydrogens (tertiary/aromatic N) is 2. The second kappa shape index (κ2) is 5.42. The maximum absolute atomic E-state index is 11.3. The second-order valence-corrected chi connectivity index (χ2v) is 3.65. The maximum atomic E-state index is 11.3. The number of hydrogen-bond acceptors (Lipinski definition) is 6. The quantitative estimate of drug-likeness (QED) is 0.769. The third kappa shape index (κ3) is 2.54. The molecule has 0 amide bonds. The van der Waals surface area contributed by atoms with Crippen LogP contribution in [-0.2, 0) is 9.53 Å². The summed E-state index contributed by atoms with van der Waals surface area (Å²) in [5, 5.41) is 11.9. The van der Waals surface area contributed by atoms with Gasteiger partial charge in [-0.25, -0.2) is 9.78 Å². The molecule has 0 spiro atoms. The van der Waals surface area contributed by atoms with Crippen molar-refractivity contribution in [1.29, 1.82) is 0 Å². The molecule has 1 heterocycles. The van der Waals surface area contributed by atoms with Crippen LogP contribution in [0.5, 0.6) is 0 Å². The molecule has 6 nitrogen and oxygen atoms in total. The molecule has 0 saturated heterocycles. The molecule has 2 rings (SSSR count). The zero-order chi connectivity index (χ0) is 13.0. The van der Waals surface area contributed by atoms with Gasteiger partial charge in [-0.3, -0.25) is 4.98 Å². The number of carbonyl (C=O) groups excluding carboxylic acids is 1. The van der Waals surface area contributed by atoms with Crippen molar-refractivity contribution in [2.24, 2.45) is 0 Å². The van der Waals surface area contributed by atoms with E-state index in [9.17, 15) is 4.79 Å². The Hall–Kier alpha value is -2.21. The highest BCUT2D eigenvalue weighted by Gasteiger charge is 2.18. The molecule has 1 aromatic carbocycles. The molecule has 0 fully saturated rings. The molecule has 0 aliphatic carbocycles. The van der Waals surface area contributed by atoms with Gasteiger partial charge < -0.3 is 15.2 Å². The molecule has 2 aromatic rings. The summed E-state index contributed by atoms with van der Waals surface area (Å²) < 4.78 is 4.55. The number of fused-ring (bicyclic) bond motifs is 1. The average Bonchev–Trinajstić information content (AvgIpc) is 2.43. The van der Waals surface area contributed by atoms with Crippen LogP contribution in [0.4, 0.5) is 5.82 Å². The smallest absolute Gasteiger partial charge is 0.330 e. The van der Waals surface area contributed by atoms with Crippen molar-refractivity contribution in [2.45, 2.75) is 6.04 Å². The van der Waals surface area contributed by atoms with Gasteiger partial charge in [-0.15, -0.1) is 0 Å². The third-order valence-electron chi connectivity index (χ3n) is 2.44. The van der Waals surface area contributed by atoms with Crippen LogP contribution >= 0.6 is 0 Å². The number of methoxy groups -OCH3 is 1. The summed E-state index contributed by atoms with van der Waals surface area (Å²) in [5.41, 5.74) is 1.48. The lowest BCUT2D eigenvalue weighted by molar-refractivity contribution is -0.142. The van der Waals surface area contributed by atoms with Crippen LogP contribution in [-0.4, -0.2) is 40.8 Å². The first kappa shape index (κ1) is 12.3. The van der Waals surface area contributed by atoms with Crippen LogP contribution in [0.2, 0.25) is 0 Å². The van der Waals surface area contributed by atoms with Crippen LogP contribution in [0.15, 0.2) is 30.5 Å². The van der Waals surface area contributed by atoms with Crippen molar-refractivity contribution in [3.8, 4) is 0 Å². The average molecular weight is 247 g/mol. The number of hydrogen-bond donors (Lipinski definition) is 2. The number of nitrogens with one attached hydrogen (secondary N) is 1. The molecule has 0 radical (unpaired) electrons. The van der Waals surface area contributed by atoms with Gasteiger partial charge in [-0.2, -0.15) is 0 Å². The molecule has 0 aliphatic rings. The fourth-order valence-corrected chi connectivity index (χ4v) is 1.53. The lowest BCUT2D eigenvalue weighted by Gasteiger charge is -2.14. The van der Waals surface area contributed by atoms with E-state index in [0.717, 1.165) is 5.52 Å². The van der Waals surface area contributed by atoms with Crippen molar-refractivity contribution in [3.63, 3.8) is 0 Å². The van der Waals surface area contributed by atoms with Crippen molar-refractivity contribution >= 4 is 22.8 Å². The first-order valence-electron chi connectivity index (χ1n) is 5.41. The number of carbonyl (C=O) groups is 1. The summed E-state index contributed by atoms with van der Waals surface area (Å²) >= 11 is 0. The Morgan fingerprint density at radius 3 is 2.83 bits per heavy atom. The zero-order valence-electron chi connectivity index (χ0n) is 9.83. The van der Waals surface area contributed by atoms with E-state index in [1.54, 1.807) is 0 Å². The highest BCUT2D eigenvalue weighted by molar-refractivity contribution is 5.80. The van der Waals surface area contributed by atoms with E-state index >= 15 is 0 Å². The highest BCUT2D eigenvalue weighted by atomic mass is 16.5. The molecular weight excluding hydrogens is 234 g/mol. The lowest BCUT2D eigenvalue weighted by atomic mass is 10.3. The third-order valence-corrected chi connectivity index (χ3v) is 2.44. The fraction of sp³-hybridized carbons (Fsp3) is 0.250. The molecule has 18 heavy (non-hydrogen) atoms. The van der Waals surface area contributed by atoms with Gasteiger partial charge in [-0.1, -0.05) is 12.1 Å². The van der Waals surface area contributed by atoms with E-state index in [0.29, 0.717) is 11.3 Å². The van der Waals surface area contributed by atoms with Gasteiger partial charge in [0.2, 0.25) is 0 Å². The summed E-state index contributed by atoms with van der Waals surface area (Å²) in [6.07, 6.45) is 1.51. The molecule has 1 atom stereocenters. The summed E-state index contributed by atoms with van der Waals surface area (Å²) in [4.78, 5) is 19.8. The summed E-state index contributed by atoms with van der Waals surface area (Å²) in [7, 11) is 1.26. The Morgan fingerprint density at radius 2 is 2.17 bits per heavy atom. The normalized spacial score (nSPS) is 12.1. The highest BCUT2D eigenvalue weighted by Crippen LogP contribution is 2.12. The number of esters is 1. The Kier molecular flexibility index (Phi) is 3.69. The van der Waals surface area contributed by atoms with E-state index in [4.69, 9.17) is 5.11 Å². The number of aromatic nitrogens is 2. The SMILES string of the molecule is COC(=O)C(CO)Nc1cnc2ccccc2n1. The van der Waals surface area contributed by atoms with Gasteiger partial charge >= 0.3 is 5.97 Å². The van der Waals surface area contributed by atoms with Gasteiger partial charge in [-0.05, 0) is 12.1 Å². The fourth-order valence-electron chi connectivity index (χ4n) is 1.53. The molecule has 0 bridgehead atoms. The molecule has 0 aliphatic heterocycles. The Bertz CT molecular complexity index is 559. The molecule has 0 saturated carbocycles. The summed E-state index contributed by atoms with van der Waals surface area (Å²) in [6, 6.07) is 6.54. The van der Waals surface area contributed by atoms with Crippen molar-refractivity contribution in [1.82, 2.24) is 9.97 Å². The van der Waals surface area contributed by atoms with Gasteiger partial charge in [0, 0.05) is 0 Å². The monoisotopic (exact) mass is 247 g/mol. The van der Waals surface area contributed by atoms with Gasteiger partial charge in [0.05, 0.1) is 30.9 Å². The van der Waals surface area contributed by atoms with E-state index in [1.165, 1.54) is 13.3 Å². The van der Waals surface area contributed by atoms with Gasteiger partial charge in [0.15, 0.2) is 0 Å². The lowest BCUT2D eigenvalue weighted by Crippen LogP contribution is -2.34. The Balaban J connectivity index is 2.23. The van der Waals surface area contributed by atoms with Crippen LogP contribution in [0.1, 0.15) is 0 Å².